The van der Waals surface area contributed by atoms with Crippen LogP contribution in [-0.4, -0.2) is 25.7 Å². The number of benzene rings is 3. The maximum atomic E-state index is 12.8. The van der Waals surface area contributed by atoms with Crippen LogP contribution < -0.4 is 9.47 Å². The zero-order valence-corrected chi connectivity index (χ0v) is 18.2. The second-order valence-corrected chi connectivity index (χ2v) is 7.05. The molecular weight excluding hydrogens is 420 g/mol. The Bertz CT molecular complexity index is 1320. The maximum Gasteiger partial charge on any atom is 0.342 e. The fraction of sp³-hybridized carbons (Fsp3) is 0.111. The Morgan fingerprint density at radius 3 is 2.48 bits per heavy atom. The molecule has 0 unspecified atom stereocenters. The van der Waals surface area contributed by atoms with Gasteiger partial charge in [0.05, 0.1) is 13.7 Å². The Labute approximate surface area is 191 Å². The highest BCUT2D eigenvalue weighted by atomic mass is 16.5. The largest absolute Gasteiger partial charge is 0.496 e. The van der Waals surface area contributed by atoms with Crippen molar-refractivity contribution < 1.29 is 28.2 Å². The van der Waals surface area contributed by atoms with E-state index in [-0.39, 0.29) is 12.4 Å². The quantitative estimate of drug-likeness (QED) is 0.201. The third-order valence-corrected chi connectivity index (χ3v) is 4.93. The summed E-state index contributed by atoms with van der Waals surface area (Å²) >= 11 is 0. The predicted molar refractivity (Wildman–Crippen MR) is 125 cm³/mol. The Morgan fingerprint density at radius 2 is 1.73 bits per heavy atom. The summed E-state index contributed by atoms with van der Waals surface area (Å²) in [6, 6.07) is 21.5. The summed E-state index contributed by atoms with van der Waals surface area (Å²) in [5.74, 6) is 0.264. The molecule has 1 aromatic heterocycles. The molecule has 0 radical (unpaired) electrons. The first-order valence-electron chi connectivity index (χ1n) is 10.4. The van der Waals surface area contributed by atoms with Gasteiger partial charge < -0.3 is 18.6 Å². The highest BCUT2D eigenvalue weighted by molar-refractivity contribution is 6.09. The molecular formula is C27H22O6. The lowest BCUT2D eigenvalue weighted by Gasteiger charge is -2.05. The summed E-state index contributed by atoms with van der Waals surface area (Å²) in [6.45, 7) is 1.96. The van der Waals surface area contributed by atoms with Crippen molar-refractivity contribution >= 4 is 29.0 Å². The monoisotopic (exact) mass is 442 g/mol. The molecule has 166 valence electrons. The summed E-state index contributed by atoms with van der Waals surface area (Å²) in [5, 5.41) is 0.506. The van der Waals surface area contributed by atoms with E-state index in [0.717, 1.165) is 11.1 Å². The van der Waals surface area contributed by atoms with E-state index < -0.39 is 11.9 Å². The number of carbonyl (C=O) groups excluding carboxylic acids is 2. The number of methoxy groups -OCH3 is 1. The van der Waals surface area contributed by atoms with E-state index in [1.807, 2.05) is 48.5 Å². The van der Waals surface area contributed by atoms with E-state index in [1.54, 1.807) is 44.4 Å². The van der Waals surface area contributed by atoms with Crippen LogP contribution in [0.2, 0.25) is 0 Å². The molecule has 1 heterocycles. The average molecular weight is 442 g/mol. The third kappa shape index (κ3) is 4.80. The fourth-order valence-corrected chi connectivity index (χ4v) is 3.45. The molecule has 0 saturated carbocycles. The number of rotatable bonds is 7. The fourth-order valence-electron chi connectivity index (χ4n) is 3.45. The molecule has 0 aliphatic carbocycles. The van der Waals surface area contributed by atoms with E-state index >= 15 is 0 Å². The lowest BCUT2D eigenvalue weighted by Crippen LogP contribution is -2.06. The van der Waals surface area contributed by atoms with Crippen molar-refractivity contribution in [2.24, 2.45) is 0 Å². The normalized spacial score (nSPS) is 11.0. The van der Waals surface area contributed by atoms with Gasteiger partial charge >= 0.3 is 11.9 Å². The molecule has 0 aliphatic rings. The van der Waals surface area contributed by atoms with Crippen LogP contribution in [0.15, 0.2) is 83.3 Å². The lowest BCUT2D eigenvalue weighted by atomic mass is 10.1. The van der Waals surface area contributed by atoms with Crippen molar-refractivity contribution in [3.05, 3.63) is 90.0 Å². The molecule has 0 atom stereocenters. The Hall–Kier alpha value is -4.32. The number of hydrogen-bond donors (Lipinski definition) is 0. The minimum atomic E-state index is -0.565. The number of para-hydroxylation sites is 1. The highest BCUT2D eigenvalue weighted by Gasteiger charge is 2.23. The molecule has 33 heavy (non-hydrogen) atoms. The van der Waals surface area contributed by atoms with Gasteiger partial charge in [-0.15, -0.1) is 0 Å². The smallest absolute Gasteiger partial charge is 0.342 e. The Morgan fingerprint density at radius 1 is 0.970 bits per heavy atom. The van der Waals surface area contributed by atoms with E-state index in [4.69, 9.17) is 18.6 Å². The molecule has 6 heteroatoms. The van der Waals surface area contributed by atoms with Gasteiger partial charge in [-0.3, -0.25) is 0 Å². The molecule has 0 bridgehead atoms. The van der Waals surface area contributed by atoms with E-state index in [9.17, 15) is 9.59 Å². The standard InChI is InChI=1S/C27H22O6/c1-3-31-27(29)25-21-17-20(14-15-23(21)33-26(25)19-10-5-4-6-11-19)32-24(28)16-13-18-9-7-8-12-22(18)30-2/h4-17H,3H2,1-2H3. The Kier molecular flexibility index (Phi) is 6.55. The highest BCUT2D eigenvalue weighted by Crippen LogP contribution is 2.36. The van der Waals surface area contributed by atoms with Gasteiger partial charge in [0.15, 0.2) is 0 Å². The second kappa shape index (κ2) is 9.87. The van der Waals surface area contributed by atoms with Crippen molar-refractivity contribution in [1.29, 1.82) is 0 Å². The van der Waals surface area contributed by atoms with Crippen LogP contribution in [0, 0.1) is 0 Å². The van der Waals surface area contributed by atoms with Crippen molar-refractivity contribution in [1.82, 2.24) is 0 Å². The summed E-state index contributed by atoms with van der Waals surface area (Å²) in [6.07, 6.45) is 2.94. The van der Waals surface area contributed by atoms with Crippen molar-refractivity contribution in [2.75, 3.05) is 13.7 Å². The van der Waals surface area contributed by atoms with E-state index in [1.165, 1.54) is 6.08 Å². The number of furan rings is 1. The molecule has 0 amide bonds. The van der Waals surface area contributed by atoms with Crippen LogP contribution in [0.1, 0.15) is 22.8 Å². The first-order valence-corrected chi connectivity index (χ1v) is 10.4. The number of esters is 2. The minimum absolute atomic E-state index is 0.224. The second-order valence-electron chi connectivity index (χ2n) is 7.05. The van der Waals surface area contributed by atoms with E-state index in [2.05, 4.69) is 0 Å². The number of ether oxygens (including phenoxy) is 3. The molecule has 0 N–H and O–H groups in total. The molecule has 4 aromatic rings. The summed E-state index contributed by atoms with van der Waals surface area (Å²) < 4.78 is 22.0. The lowest BCUT2D eigenvalue weighted by molar-refractivity contribution is -0.128. The maximum absolute atomic E-state index is 12.8. The summed E-state index contributed by atoms with van der Waals surface area (Å²) in [4.78, 5) is 25.2. The van der Waals surface area contributed by atoms with Crippen LogP contribution in [0.25, 0.3) is 28.4 Å². The molecule has 6 nitrogen and oxygen atoms in total. The molecule has 0 aliphatic heterocycles. The van der Waals surface area contributed by atoms with Gasteiger partial charge in [-0.1, -0.05) is 48.5 Å². The molecule has 0 saturated heterocycles. The molecule has 3 aromatic carbocycles. The van der Waals surface area contributed by atoms with Gasteiger partial charge in [0.2, 0.25) is 0 Å². The topological polar surface area (TPSA) is 75.0 Å². The summed E-state index contributed by atoms with van der Waals surface area (Å²) in [5.41, 5.74) is 2.27. The first kappa shape index (κ1) is 21.9. The van der Waals surface area contributed by atoms with Crippen LogP contribution in [0.3, 0.4) is 0 Å². The van der Waals surface area contributed by atoms with Gasteiger partial charge in [0, 0.05) is 22.6 Å². The van der Waals surface area contributed by atoms with Crippen LogP contribution >= 0.6 is 0 Å². The Balaban J connectivity index is 1.66. The van der Waals surface area contributed by atoms with Gasteiger partial charge in [-0.2, -0.15) is 0 Å². The predicted octanol–water partition coefficient (Wildman–Crippen LogP) is 5.90. The zero-order valence-electron chi connectivity index (χ0n) is 18.2. The average Bonchev–Trinajstić information content (AvgIpc) is 3.22. The third-order valence-electron chi connectivity index (χ3n) is 4.93. The van der Waals surface area contributed by atoms with Crippen LogP contribution in [0.4, 0.5) is 0 Å². The van der Waals surface area contributed by atoms with Gasteiger partial charge in [-0.25, -0.2) is 9.59 Å². The zero-order chi connectivity index (χ0) is 23.2. The van der Waals surface area contributed by atoms with Gasteiger partial charge in [-0.05, 0) is 37.3 Å². The molecule has 0 fully saturated rings. The van der Waals surface area contributed by atoms with Crippen molar-refractivity contribution in [3.63, 3.8) is 0 Å². The summed E-state index contributed by atoms with van der Waals surface area (Å²) in [7, 11) is 1.57. The van der Waals surface area contributed by atoms with Crippen LogP contribution in [-0.2, 0) is 9.53 Å². The number of hydrogen-bond acceptors (Lipinski definition) is 6. The van der Waals surface area contributed by atoms with Crippen molar-refractivity contribution in [3.8, 4) is 22.8 Å². The first-order chi connectivity index (χ1) is 16.1. The van der Waals surface area contributed by atoms with E-state index in [0.29, 0.717) is 28.0 Å². The van der Waals surface area contributed by atoms with Crippen molar-refractivity contribution in [2.45, 2.75) is 6.92 Å². The van der Waals surface area contributed by atoms with Crippen LogP contribution in [0.5, 0.6) is 11.5 Å². The van der Waals surface area contributed by atoms with Gasteiger partial charge in [0.1, 0.15) is 28.4 Å². The molecule has 4 rings (SSSR count). The minimum Gasteiger partial charge on any atom is -0.496 e. The van der Waals surface area contributed by atoms with Gasteiger partial charge in [0.25, 0.3) is 0 Å². The number of fused-ring (bicyclic) bond motifs is 1. The number of carbonyl (C=O) groups is 2. The SMILES string of the molecule is CCOC(=O)c1c(-c2ccccc2)oc2ccc(OC(=O)C=Cc3ccccc3OC)cc12. The molecule has 0 spiro atoms.